The molecule has 1 aliphatic heterocycles. The van der Waals surface area contributed by atoms with E-state index in [1.165, 1.54) is 0 Å². The molecule has 0 aromatic carbocycles. The average Bonchev–Trinajstić information content (AvgIpc) is 2.65. The molecule has 2 atom stereocenters. The van der Waals surface area contributed by atoms with E-state index in [0.29, 0.717) is 19.1 Å². The van der Waals surface area contributed by atoms with Crippen molar-refractivity contribution in [2.75, 3.05) is 19.8 Å². The second-order valence-electron chi connectivity index (χ2n) is 4.13. The maximum Gasteiger partial charge on any atom is 0.323 e. The van der Waals surface area contributed by atoms with E-state index in [9.17, 15) is 4.79 Å². The van der Waals surface area contributed by atoms with Crippen LogP contribution < -0.4 is 5.73 Å². The molecule has 0 radical (unpaired) electrons. The fourth-order valence-corrected chi connectivity index (χ4v) is 1.28. The zero-order valence-corrected chi connectivity index (χ0v) is 8.86. The maximum absolute atomic E-state index is 11.4. The lowest BCUT2D eigenvalue weighted by Crippen LogP contribution is -2.37. The molecule has 82 valence electrons. The Labute approximate surface area is 84.7 Å². The summed E-state index contributed by atoms with van der Waals surface area (Å²) in [5.41, 5.74) is 5.64. The molecular weight excluding hydrogens is 182 g/mol. The van der Waals surface area contributed by atoms with Gasteiger partial charge in [0.1, 0.15) is 6.04 Å². The van der Waals surface area contributed by atoms with Gasteiger partial charge in [0, 0.05) is 12.5 Å². The summed E-state index contributed by atoms with van der Waals surface area (Å²) >= 11 is 0. The molecular formula is C10H19NO3. The van der Waals surface area contributed by atoms with Gasteiger partial charge in [-0.25, -0.2) is 0 Å². The van der Waals surface area contributed by atoms with Crippen molar-refractivity contribution >= 4 is 5.97 Å². The third-order valence-corrected chi connectivity index (χ3v) is 2.48. The second kappa shape index (κ2) is 5.32. The number of carbonyl (C=O) groups is 1. The topological polar surface area (TPSA) is 61.6 Å². The van der Waals surface area contributed by atoms with Gasteiger partial charge in [-0.1, -0.05) is 13.8 Å². The summed E-state index contributed by atoms with van der Waals surface area (Å²) < 4.78 is 10.3. The molecule has 1 fully saturated rings. The van der Waals surface area contributed by atoms with E-state index in [4.69, 9.17) is 15.2 Å². The summed E-state index contributed by atoms with van der Waals surface area (Å²) in [6, 6.07) is -0.502. The van der Waals surface area contributed by atoms with Gasteiger partial charge >= 0.3 is 5.97 Å². The molecule has 4 heteroatoms. The summed E-state index contributed by atoms with van der Waals surface area (Å²) in [5, 5.41) is 0. The fourth-order valence-electron chi connectivity index (χ4n) is 1.28. The number of rotatable bonds is 4. The molecule has 0 spiro atoms. The zero-order valence-electron chi connectivity index (χ0n) is 8.86. The highest BCUT2D eigenvalue weighted by Gasteiger charge is 2.22. The first-order valence-electron chi connectivity index (χ1n) is 5.11. The molecule has 2 N–H and O–H groups in total. The highest BCUT2D eigenvalue weighted by atomic mass is 16.5. The van der Waals surface area contributed by atoms with Crippen LogP contribution in [0.5, 0.6) is 0 Å². The lowest BCUT2D eigenvalue weighted by molar-refractivity contribution is -0.147. The summed E-state index contributed by atoms with van der Waals surface area (Å²) in [7, 11) is 0. The molecule has 4 nitrogen and oxygen atoms in total. The molecule has 0 amide bonds. The van der Waals surface area contributed by atoms with Crippen LogP contribution >= 0.6 is 0 Å². The van der Waals surface area contributed by atoms with Gasteiger partial charge in [0.2, 0.25) is 0 Å². The van der Waals surface area contributed by atoms with Gasteiger partial charge in [0.05, 0.1) is 13.2 Å². The first-order valence-corrected chi connectivity index (χ1v) is 5.11. The Kier molecular flexibility index (Phi) is 4.35. The highest BCUT2D eigenvalue weighted by Crippen LogP contribution is 2.13. The summed E-state index contributed by atoms with van der Waals surface area (Å²) in [6.07, 6.45) is 0.976. The fraction of sp³-hybridized carbons (Fsp3) is 0.900. The third-order valence-electron chi connectivity index (χ3n) is 2.48. The number of ether oxygens (including phenoxy) is 2. The lowest BCUT2D eigenvalue weighted by Gasteiger charge is -2.15. The van der Waals surface area contributed by atoms with Crippen LogP contribution in [0, 0.1) is 11.8 Å². The predicted molar refractivity (Wildman–Crippen MR) is 52.7 cm³/mol. The normalized spacial score (nSPS) is 23.9. The van der Waals surface area contributed by atoms with Gasteiger partial charge in [-0.2, -0.15) is 0 Å². The van der Waals surface area contributed by atoms with E-state index in [-0.39, 0.29) is 11.9 Å². The predicted octanol–water partition coefficient (Wildman–Crippen LogP) is 0.549. The minimum atomic E-state index is -0.502. The number of hydrogen-bond acceptors (Lipinski definition) is 4. The Morgan fingerprint density at radius 1 is 1.64 bits per heavy atom. The molecule has 1 saturated heterocycles. The molecule has 1 aliphatic rings. The number of nitrogens with two attached hydrogens (primary N) is 1. The molecule has 1 rings (SSSR count). The first-order chi connectivity index (χ1) is 6.61. The third kappa shape index (κ3) is 3.27. The van der Waals surface area contributed by atoms with Crippen LogP contribution in [-0.2, 0) is 14.3 Å². The van der Waals surface area contributed by atoms with Crippen LogP contribution in [0.4, 0.5) is 0 Å². The van der Waals surface area contributed by atoms with Crippen LogP contribution in [0.3, 0.4) is 0 Å². The van der Waals surface area contributed by atoms with Gasteiger partial charge in [0.25, 0.3) is 0 Å². The maximum atomic E-state index is 11.4. The minimum Gasteiger partial charge on any atom is -0.464 e. The van der Waals surface area contributed by atoms with E-state index in [1.807, 2.05) is 13.8 Å². The SMILES string of the molecule is CC(C)[C@@H](N)C(=O)OCC1CCOC1. The van der Waals surface area contributed by atoms with Crippen molar-refractivity contribution in [1.82, 2.24) is 0 Å². The quantitative estimate of drug-likeness (QED) is 0.675. The molecule has 14 heavy (non-hydrogen) atoms. The highest BCUT2D eigenvalue weighted by molar-refractivity contribution is 5.75. The average molecular weight is 201 g/mol. The van der Waals surface area contributed by atoms with Gasteiger partial charge < -0.3 is 15.2 Å². The molecule has 1 heterocycles. The molecule has 0 aromatic heterocycles. The largest absolute Gasteiger partial charge is 0.464 e. The summed E-state index contributed by atoms with van der Waals surface area (Å²) in [6.45, 7) is 5.73. The van der Waals surface area contributed by atoms with Gasteiger partial charge in [-0.3, -0.25) is 4.79 Å². The van der Waals surface area contributed by atoms with Crippen molar-refractivity contribution in [2.24, 2.45) is 17.6 Å². The van der Waals surface area contributed by atoms with Crippen LogP contribution in [-0.4, -0.2) is 31.8 Å². The smallest absolute Gasteiger partial charge is 0.323 e. The van der Waals surface area contributed by atoms with Crippen molar-refractivity contribution in [3.05, 3.63) is 0 Å². The van der Waals surface area contributed by atoms with Gasteiger partial charge in [0.15, 0.2) is 0 Å². The Hall–Kier alpha value is -0.610. The standard InChI is InChI=1S/C10H19NO3/c1-7(2)9(11)10(12)14-6-8-3-4-13-5-8/h7-9H,3-6,11H2,1-2H3/t8?,9-/m1/s1. The first kappa shape index (κ1) is 11.5. The van der Waals surface area contributed by atoms with Gasteiger partial charge in [-0.15, -0.1) is 0 Å². The van der Waals surface area contributed by atoms with Gasteiger partial charge in [-0.05, 0) is 12.3 Å². The Bertz CT molecular complexity index is 188. The van der Waals surface area contributed by atoms with Crippen molar-refractivity contribution < 1.29 is 14.3 Å². The van der Waals surface area contributed by atoms with Crippen molar-refractivity contribution in [1.29, 1.82) is 0 Å². The summed E-state index contributed by atoms with van der Waals surface area (Å²) in [5.74, 6) is 0.188. The van der Waals surface area contributed by atoms with Crippen molar-refractivity contribution in [3.63, 3.8) is 0 Å². The zero-order chi connectivity index (χ0) is 10.6. The molecule has 1 unspecified atom stereocenters. The molecule has 0 saturated carbocycles. The van der Waals surface area contributed by atoms with Crippen LogP contribution in [0.25, 0.3) is 0 Å². The van der Waals surface area contributed by atoms with Crippen molar-refractivity contribution in [3.8, 4) is 0 Å². The Morgan fingerprint density at radius 2 is 2.36 bits per heavy atom. The summed E-state index contributed by atoms with van der Waals surface area (Å²) in [4.78, 5) is 11.4. The van der Waals surface area contributed by atoms with E-state index < -0.39 is 6.04 Å². The van der Waals surface area contributed by atoms with E-state index in [0.717, 1.165) is 13.0 Å². The van der Waals surface area contributed by atoms with Crippen molar-refractivity contribution in [2.45, 2.75) is 26.3 Å². The number of carbonyl (C=O) groups excluding carboxylic acids is 1. The van der Waals surface area contributed by atoms with E-state index in [1.54, 1.807) is 0 Å². The minimum absolute atomic E-state index is 0.127. The number of esters is 1. The van der Waals surface area contributed by atoms with E-state index in [2.05, 4.69) is 0 Å². The van der Waals surface area contributed by atoms with Crippen LogP contribution in [0.2, 0.25) is 0 Å². The lowest BCUT2D eigenvalue weighted by atomic mass is 10.1. The molecule has 0 aliphatic carbocycles. The van der Waals surface area contributed by atoms with Crippen LogP contribution in [0.15, 0.2) is 0 Å². The Balaban J connectivity index is 2.19. The van der Waals surface area contributed by atoms with Crippen LogP contribution in [0.1, 0.15) is 20.3 Å². The second-order valence-corrected chi connectivity index (χ2v) is 4.13. The Morgan fingerprint density at radius 3 is 2.86 bits per heavy atom. The molecule has 0 bridgehead atoms. The monoisotopic (exact) mass is 201 g/mol. The van der Waals surface area contributed by atoms with E-state index >= 15 is 0 Å². The molecule has 0 aromatic rings. The number of hydrogen-bond donors (Lipinski definition) is 1.